The lowest BCUT2D eigenvalue weighted by atomic mass is 9.98. The van der Waals surface area contributed by atoms with Gasteiger partial charge in [-0.2, -0.15) is 0 Å². The second kappa shape index (κ2) is 6.97. The van der Waals surface area contributed by atoms with Crippen molar-refractivity contribution < 1.29 is 39.3 Å². The van der Waals surface area contributed by atoms with Crippen LogP contribution in [0.15, 0.2) is 39.8 Å². The van der Waals surface area contributed by atoms with Gasteiger partial charge in [0.1, 0.15) is 22.2 Å². The topological polar surface area (TPSA) is 60.2 Å². The fourth-order valence-corrected chi connectivity index (χ4v) is 3.46. The molecule has 0 spiro atoms. The van der Waals surface area contributed by atoms with Crippen molar-refractivity contribution >= 4 is 9.84 Å². The molecular formula is C17H9F6NO3S. The minimum Gasteiger partial charge on any atom is -0.354 e. The summed E-state index contributed by atoms with van der Waals surface area (Å²) in [6.07, 6.45) is -2.69. The predicted molar refractivity (Wildman–Crippen MR) is 85.3 cm³/mol. The molecule has 0 aliphatic heterocycles. The Bertz CT molecular complexity index is 1150. The smallest absolute Gasteiger partial charge is 0.298 e. The summed E-state index contributed by atoms with van der Waals surface area (Å²) in [5, 5.41) is 3.38. The van der Waals surface area contributed by atoms with E-state index in [0.29, 0.717) is 30.5 Å². The minimum atomic E-state index is -4.28. The molecule has 2 aromatic carbocycles. The predicted octanol–water partition coefficient (Wildman–Crippen LogP) is 4.91. The van der Waals surface area contributed by atoms with Gasteiger partial charge in [-0.1, -0.05) is 5.16 Å². The molecule has 148 valence electrons. The molecule has 0 aliphatic carbocycles. The summed E-state index contributed by atoms with van der Waals surface area (Å²) in [6.45, 7) is 0. The Morgan fingerprint density at radius 1 is 0.893 bits per heavy atom. The minimum absolute atomic E-state index is 0.197. The van der Waals surface area contributed by atoms with Crippen LogP contribution in [0, 0.1) is 23.3 Å². The number of aromatic nitrogens is 1. The van der Waals surface area contributed by atoms with Gasteiger partial charge < -0.3 is 4.52 Å². The van der Waals surface area contributed by atoms with Crippen LogP contribution in [0.25, 0.3) is 22.4 Å². The van der Waals surface area contributed by atoms with Crippen LogP contribution in [0.5, 0.6) is 0 Å². The summed E-state index contributed by atoms with van der Waals surface area (Å²) in [5.74, 6) is -6.64. The Morgan fingerprint density at radius 2 is 1.46 bits per heavy atom. The first-order chi connectivity index (χ1) is 13.0. The average molecular weight is 421 g/mol. The van der Waals surface area contributed by atoms with Crippen LogP contribution >= 0.6 is 0 Å². The third kappa shape index (κ3) is 3.49. The van der Waals surface area contributed by atoms with E-state index in [-0.39, 0.29) is 5.56 Å². The fraction of sp³-hybridized carbons (Fsp3) is 0.118. The largest absolute Gasteiger partial charge is 0.354 e. The second-order valence-electron chi connectivity index (χ2n) is 5.74. The monoisotopic (exact) mass is 421 g/mol. The van der Waals surface area contributed by atoms with Crippen molar-refractivity contribution in [2.24, 2.45) is 0 Å². The number of benzene rings is 2. The zero-order valence-electron chi connectivity index (χ0n) is 13.8. The number of rotatable bonds is 4. The number of hydrogen-bond acceptors (Lipinski definition) is 4. The first-order valence-corrected chi connectivity index (χ1v) is 9.32. The third-order valence-corrected chi connectivity index (χ3v) is 4.90. The first-order valence-electron chi connectivity index (χ1n) is 7.43. The van der Waals surface area contributed by atoms with Gasteiger partial charge in [-0.3, -0.25) is 0 Å². The molecule has 0 saturated heterocycles. The molecule has 1 heterocycles. The highest BCUT2D eigenvalue weighted by Crippen LogP contribution is 2.40. The second-order valence-corrected chi connectivity index (χ2v) is 7.69. The van der Waals surface area contributed by atoms with E-state index in [1.165, 1.54) is 0 Å². The van der Waals surface area contributed by atoms with Crippen molar-refractivity contribution in [3.63, 3.8) is 0 Å². The lowest BCUT2D eigenvalue weighted by Gasteiger charge is -2.09. The van der Waals surface area contributed by atoms with Gasteiger partial charge in [-0.05, 0) is 35.9 Å². The fourth-order valence-electron chi connectivity index (χ4n) is 2.63. The Balaban J connectivity index is 2.30. The van der Waals surface area contributed by atoms with Crippen molar-refractivity contribution in [1.82, 2.24) is 5.16 Å². The highest BCUT2D eigenvalue weighted by atomic mass is 32.2. The van der Waals surface area contributed by atoms with E-state index in [9.17, 15) is 34.8 Å². The maximum atomic E-state index is 14.2. The molecule has 28 heavy (non-hydrogen) atoms. The number of sulfone groups is 1. The molecule has 3 aromatic rings. The summed E-state index contributed by atoms with van der Waals surface area (Å²) in [5.41, 5.74) is -1.73. The summed E-state index contributed by atoms with van der Waals surface area (Å²) >= 11 is 0. The van der Waals surface area contributed by atoms with Gasteiger partial charge in [0.2, 0.25) is 5.76 Å². The zero-order valence-corrected chi connectivity index (χ0v) is 14.6. The van der Waals surface area contributed by atoms with Crippen LogP contribution in [0.1, 0.15) is 12.2 Å². The van der Waals surface area contributed by atoms with Crippen molar-refractivity contribution in [2.75, 3.05) is 6.26 Å². The van der Waals surface area contributed by atoms with E-state index in [1.54, 1.807) is 0 Å². The van der Waals surface area contributed by atoms with Crippen LogP contribution in [-0.4, -0.2) is 19.8 Å². The Hall–Kier alpha value is -2.82. The lowest BCUT2D eigenvalue weighted by Crippen LogP contribution is -2.05. The number of nitrogens with zero attached hydrogens (tertiary/aromatic N) is 1. The van der Waals surface area contributed by atoms with E-state index >= 15 is 0 Å². The van der Waals surface area contributed by atoms with E-state index in [0.717, 1.165) is 6.07 Å². The van der Waals surface area contributed by atoms with Gasteiger partial charge in [0, 0.05) is 11.8 Å². The standard InChI is InChI=1S/C17H9F6NO3S/c1-28(25,26)16-11(20)5-8(6-12(16)21)13-14(24-27-15(13)17(22)23)7-2-3-9(18)10(19)4-7/h2-6,17H,1H3. The molecule has 0 unspecified atom stereocenters. The van der Waals surface area contributed by atoms with E-state index in [2.05, 4.69) is 9.68 Å². The molecule has 0 fully saturated rings. The summed E-state index contributed by atoms with van der Waals surface area (Å²) in [7, 11) is -4.28. The molecular weight excluding hydrogens is 412 g/mol. The summed E-state index contributed by atoms with van der Waals surface area (Å²) in [6, 6.07) is 3.39. The third-order valence-electron chi connectivity index (χ3n) is 3.77. The van der Waals surface area contributed by atoms with Crippen LogP contribution in [0.4, 0.5) is 26.3 Å². The molecule has 0 saturated carbocycles. The van der Waals surface area contributed by atoms with Crippen molar-refractivity contribution in [2.45, 2.75) is 11.3 Å². The van der Waals surface area contributed by atoms with Gasteiger partial charge in [0.15, 0.2) is 21.5 Å². The molecule has 1 aromatic heterocycles. The van der Waals surface area contributed by atoms with E-state index in [4.69, 9.17) is 0 Å². The zero-order chi connectivity index (χ0) is 20.8. The Kier molecular flexibility index (Phi) is 4.96. The molecule has 11 heteroatoms. The lowest BCUT2D eigenvalue weighted by molar-refractivity contribution is 0.113. The van der Waals surface area contributed by atoms with Gasteiger partial charge in [0.05, 0.1) is 5.56 Å². The van der Waals surface area contributed by atoms with Crippen molar-refractivity contribution in [3.05, 3.63) is 59.4 Å². The van der Waals surface area contributed by atoms with Gasteiger partial charge in [-0.15, -0.1) is 0 Å². The highest BCUT2D eigenvalue weighted by Gasteiger charge is 2.29. The quantitative estimate of drug-likeness (QED) is 0.562. The van der Waals surface area contributed by atoms with E-state index in [1.807, 2.05) is 0 Å². The van der Waals surface area contributed by atoms with Gasteiger partial charge >= 0.3 is 0 Å². The molecule has 3 rings (SSSR count). The molecule has 4 nitrogen and oxygen atoms in total. The van der Waals surface area contributed by atoms with Gasteiger partial charge in [-0.25, -0.2) is 34.8 Å². The average Bonchev–Trinajstić information content (AvgIpc) is 3.00. The van der Waals surface area contributed by atoms with Crippen LogP contribution in [0.3, 0.4) is 0 Å². The SMILES string of the molecule is CS(=O)(=O)c1c(F)cc(-c2c(-c3ccc(F)c(F)c3)noc2C(F)F)cc1F. The molecule has 0 bridgehead atoms. The maximum absolute atomic E-state index is 14.2. The molecule has 0 amide bonds. The van der Waals surface area contributed by atoms with Crippen molar-refractivity contribution in [1.29, 1.82) is 0 Å². The summed E-state index contributed by atoms with van der Waals surface area (Å²) in [4.78, 5) is -1.24. The maximum Gasteiger partial charge on any atom is 0.298 e. The van der Waals surface area contributed by atoms with Gasteiger partial charge in [0.25, 0.3) is 6.43 Å². The number of alkyl halides is 2. The number of halogens is 6. The first kappa shape index (κ1) is 19.9. The van der Waals surface area contributed by atoms with Crippen LogP contribution in [0.2, 0.25) is 0 Å². The molecule has 0 radical (unpaired) electrons. The normalized spacial score (nSPS) is 12.0. The Labute approximate surface area is 154 Å². The van der Waals surface area contributed by atoms with Crippen LogP contribution in [-0.2, 0) is 9.84 Å². The number of hydrogen-bond donors (Lipinski definition) is 0. The summed E-state index contributed by atoms with van der Waals surface area (Å²) < 4.78 is 109. The van der Waals surface area contributed by atoms with Crippen LogP contribution < -0.4 is 0 Å². The Morgan fingerprint density at radius 3 is 1.96 bits per heavy atom. The van der Waals surface area contributed by atoms with Crippen molar-refractivity contribution in [3.8, 4) is 22.4 Å². The highest BCUT2D eigenvalue weighted by molar-refractivity contribution is 7.90. The molecule has 0 aliphatic rings. The molecule has 0 N–H and O–H groups in total. The molecule has 0 atom stereocenters. The van der Waals surface area contributed by atoms with E-state index < -0.39 is 67.0 Å².